The number of halogens is 1. The first-order chi connectivity index (χ1) is 13.0. The first kappa shape index (κ1) is 20.2. The Hall–Kier alpha value is -2.49. The van der Waals surface area contributed by atoms with Crippen LogP contribution in [0.1, 0.15) is 31.5 Å². The van der Waals surface area contributed by atoms with Gasteiger partial charge in [-0.15, -0.1) is 12.4 Å². The monoisotopic (exact) mass is 421 g/mol. The van der Waals surface area contributed by atoms with Crippen LogP contribution in [-0.2, 0) is 15.6 Å². The van der Waals surface area contributed by atoms with Crippen molar-refractivity contribution >= 4 is 28.1 Å². The average Bonchev–Trinajstić information content (AvgIpc) is 3.33. The largest absolute Gasteiger partial charge is 0.334 e. The Kier molecular flexibility index (Phi) is 5.69. The molecular weight excluding hydrogens is 402 g/mol. The molecule has 1 aliphatic carbocycles. The third-order valence-corrected chi connectivity index (χ3v) is 6.11. The molecule has 0 saturated heterocycles. The van der Waals surface area contributed by atoms with Gasteiger partial charge >= 0.3 is 0 Å². The first-order valence-corrected chi connectivity index (χ1v) is 10.1. The lowest BCUT2D eigenvalue weighted by Crippen LogP contribution is -2.34. The van der Waals surface area contributed by atoms with Crippen molar-refractivity contribution in [3.63, 3.8) is 0 Å². The van der Waals surface area contributed by atoms with Crippen molar-refractivity contribution < 1.29 is 12.9 Å². The lowest BCUT2D eigenvalue weighted by Gasteiger charge is -2.17. The minimum Gasteiger partial charge on any atom is -0.334 e. The number of rotatable bonds is 5. The van der Waals surface area contributed by atoms with E-state index in [4.69, 9.17) is 10.3 Å². The zero-order valence-electron chi connectivity index (χ0n) is 14.9. The average molecular weight is 422 g/mol. The fourth-order valence-electron chi connectivity index (χ4n) is 3.18. The van der Waals surface area contributed by atoms with Gasteiger partial charge in [-0.2, -0.15) is 4.98 Å². The van der Waals surface area contributed by atoms with Crippen molar-refractivity contribution in [2.24, 2.45) is 5.73 Å². The maximum atomic E-state index is 12.5. The van der Waals surface area contributed by atoms with Gasteiger partial charge in [0.2, 0.25) is 0 Å². The first-order valence-electron chi connectivity index (χ1n) is 8.63. The molecule has 1 fully saturated rings. The van der Waals surface area contributed by atoms with Crippen molar-refractivity contribution in [2.75, 3.05) is 4.72 Å². The van der Waals surface area contributed by atoms with Gasteiger partial charge in [0.15, 0.2) is 5.82 Å². The van der Waals surface area contributed by atoms with Crippen LogP contribution in [0, 0.1) is 0 Å². The molecule has 10 heteroatoms. The summed E-state index contributed by atoms with van der Waals surface area (Å²) in [6.07, 6.45) is 6.81. The molecule has 4 rings (SSSR count). The number of nitrogens with zero attached hydrogens (tertiary/aromatic N) is 3. The topological polar surface area (TPSA) is 124 Å². The highest BCUT2D eigenvalue weighted by Gasteiger charge is 2.36. The van der Waals surface area contributed by atoms with Crippen LogP contribution in [-0.4, -0.2) is 23.5 Å². The summed E-state index contributed by atoms with van der Waals surface area (Å²) < 4.78 is 32.8. The van der Waals surface area contributed by atoms with E-state index in [1.54, 1.807) is 24.3 Å². The normalized spacial score (nSPS) is 15.8. The van der Waals surface area contributed by atoms with Crippen LogP contribution < -0.4 is 10.5 Å². The van der Waals surface area contributed by atoms with Crippen LogP contribution in [0.25, 0.3) is 11.5 Å². The molecule has 0 bridgehead atoms. The highest BCUT2D eigenvalue weighted by atomic mass is 35.5. The van der Waals surface area contributed by atoms with Crippen LogP contribution in [0.3, 0.4) is 0 Å². The van der Waals surface area contributed by atoms with E-state index in [2.05, 4.69) is 19.8 Å². The molecule has 3 aromatic rings. The van der Waals surface area contributed by atoms with Crippen LogP contribution in [0.2, 0.25) is 0 Å². The molecule has 1 aliphatic rings. The summed E-state index contributed by atoms with van der Waals surface area (Å²) in [7, 11) is -3.69. The Labute approximate surface area is 169 Å². The number of pyridine rings is 1. The summed E-state index contributed by atoms with van der Waals surface area (Å²) in [5.74, 6) is 0.832. The van der Waals surface area contributed by atoms with E-state index >= 15 is 0 Å². The van der Waals surface area contributed by atoms with Crippen LogP contribution in [0.4, 0.5) is 5.69 Å². The number of hydrogen-bond acceptors (Lipinski definition) is 7. The summed E-state index contributed by atoms with van der Waals surface area (Å²) in [4.78, 5) is 8.41. The summed E-state index contributed by atoms with van der Waals surface area (Å²) in [5.41, 5.74) is 6.90. The molecule has 28 heavy (non-hydrogen) atoms. The van der Waals surface area contributed by atoms with Crippen molar-refractivity contribution in [1.29, 1.82) is 0 Å². The molecule has 1 aromatic carbocycles. The Morgan fingerprint density at radius 1 is 1.04 bits per heavy atom. The number of benzene rings is 1. The van der Waals surface area contributed by atoms with Crippen LogP contribution in [0.15, 0.2) is 58.2 Å². The van der Waals surface area contributed by atoms with Gasteiger partial charge in [0, 0.05) is 18.0 Å². The Morgan fingerprint density at radius 2 is 1.68 bits per heavy atom. The summed E-state index contributed by atoms with van der Waals surface area (Å²) in [5, 5.41) is 4.03. The van der Waals surface area contributed by atoms with Gasteiger partial charge in [-0.1, -0.05) is 18.0 Å². The van der Waals surface area contributed by atoms with E-state index in [0.29, 0.717) is 23.0 Å². The number of hydrogen-bond donors (Lipinski definition) is 2. The second-order valence-electron chi connectivity index (χ2n) is 6.65. The molecule has 3 N–H and O–H groups in total. The fraction of sp³-hybridized carbons (Fsp3) is 0.278. The molecule has 8 nitrogen and oxygen atoms in total. The molecular formula is C18H20ClN5O3S. The fourth-order valence-corrected chi connectivity index (χ4v) is 4.24. The van der Waals surface area contributed by atoms with Crippen molar-refractivity contribution in [3.8, 4) is 11.5 Å². The molecule has 0 atom stereocenters. The minimum atomic E-state index is -3.69. The molecule has 0 spiro atoms. The van der Waals surface area contributed by atoms with Gasteiger partial charge in [-0.05, 0) is 49.2 Å². The highest BCUT2D eigenvalue weighted by molar-refractivity contribution is 7.92. The van der Waals surface area contributed by atoms with Gasteiger partial charge < -0.3 is 10.3 Å². The van der Waals surface area contributed by atoms with E-state index in [1.807, 2.05) is 0 Å². The number of nitrogens with two attached hydrogens (primary N) is 1. The summed E-state index contributed by atoms with van der Waals surface area (Å²) in [6.45, 7) is 0. The SMILES string of the molecule is Cl.NC1(c2noc(-c3ccc(S(=O)(=O)Nc4ccncc4)cc3)n2)CCCC1. The third kappa shape index (κ3) is 4.01. The predicted molar refractivity (Wildman–Crippen MR) is 106 cm³/mol. The van der Waals surface area contributed by atoms with Gasteiger partial charge in [0.25, 0.3) is 15.9 Å². The number of sulfonamides is 1. The zero-order valence-corrected chi connectivity index (χ0v) is 16.5. The van der Waals surface area contributed by atoms with Gasteiger partial charge in [0.05, 0.1) is 16.1 Å². The number of anilines is 1. The van der Waals surface area contributed by atoms with Crippen molar-refractivity contribution in [1.82, 2.24) is 15.1 Å². The lowest BCUT2D eigenvalue weighted by atomic mass is 9.99. The van der Waals surface area contributed by atoms with Gasteiger partial charge in [-0.3, -0.25) is 9.71 Å². The number of aromatic nitrogens is 3. The van der Waals surface area contributed by atoms with Crippen LogP contribution in [0.5, 0.6) is 0 Å². The van der Waals surface area contributed by atoms with Crippen molar-refractivity contribution in [2.45, 2.75) is 36.1 Å². The zero-order chi connectivity index (χ0) is 18.9. The quantitative estimate of drug-likeness (QED) is 0.648. The second kappa shape index (κ2) is 7.86. The summed E-state index contributed by atoms with van der Waals surface area (Å²) >= 11 is 0. The lowest BCUT2D eigenvalue weighted by molar-refractivity contribution is 0.372. The van der Waals surface area contributed by atoms with E-state index in [0.717, 1.165) is 25.7 Å². The molecule has 1 saturated carbocycles. The minimum absolute atomic E-state index is 0. The molecule has 0 unspecified atom stereocenters. The molecule has 2 heterocycles. The molecule has 0 radical (unpaired) electrons. The van der Waals surface area contributed by atoms with E-state index in [9.17, 15) is 8.42 Å². The molecule has 148 valence electrons. The van der Waals surface area contributed by atoms with E-state index < -0.39 is 15.6 Å². The maximum Gasteiger partial charge on any atom is 0.261 e. The third-order valence-electron chi connectivity index (χ3n) is 4.71. The van der Waals surface area contributed by atoms with Gasteiger partial charge in [-0.25, -0.2) is 8.42 Å². The van der Waals surface area contributed by atoms with Crippen molar-refractivity contribution in [3.05, 3.63) is 54.6 Å². The standard InChI is InChI=1S/C18H19N5O3S.ClH/c19-18(9-1-2-10-18)17-21-16(26-22-17)13-3-5-15(6-4-13)27(24,25)23-14-7-11-20-12-8-14;/h3-8,11-12H,1-2,9-10,19H2,(H,20,23);1H. The Bertz CT molecular complexity index is 1030. The molecule has 2 aromatic heterocycles. The van der Waals surface area contributed by atoms with Gasteiger partial charge in [0.1, 0.15) is 0 Å². The number of nitrogens with one attached hydrogen (secondary N) is 1. The maximum absolute atomic E-state index is 12.5. The molecule has 0 amide bonds. The Morgan fingerprint density at radius 3 is 2.32 bits per heavy atom. The van der Waals surface area contributed by atoms with E-state index in [1.165, 1.54) is 24.5 Å². The Balaban J connectivity index is 0.00000225. The van der Waals surface area contributed by atoms with Crippen LogP contribution >= 0.6 is 12.4 Å². The smallest absolute Gasteiger partial charge is 0.261 e. The highest BCUT2D eigenvalue weighted by Crippen LogP contribution is 2.35. The second-order valence-corrected chi connectivity index (χ2v) is 8.33. The molecule has 0 aliphatic heterocycles. The van der Waals surface area contributed by atoms with E-state index in [-0.39, 0.29) is 17.3 Å². The predicted octanol–water partition coefficient (Wildman–Crippen LogP) is 3.08. The summed E-state index contributed by atoms with van der Waals surface area (Å²) in [6, 6.07) is 9.43.